The van der Waals surface area contributed by atoms with E-state index in [-0.39, 0.29) is 6.10 Å². The van der Waals surface area contributed by atoms with E-state index in [1.807, 2.05) is 12.1 Å². The molecule has 1 heterocycles. The zero-order valence-electron chi connectivity index (χ0n) is 14.5. The summed E-state index contributed by atoms with van der Waals surface area (Å²) >= 11 is 1.45. The lowest BCUT2D eigenvalue weighted by Crippen LogP contribution is -2.15. The minimum absolute atomic E-state index is 0.178. The molecule has 1 atom stereocenters. The molecule has 0 fully saturated rings. The van der Waals surface area contributed by atoms with E-state index in [1.165, 1.54) is 16.9 Å². The summed E-state index contributed by atoms with van der Waals surface area (Å²) in [6, 6.07) is 6.07. The largest absolute Gasteiger partial charge is 0.493 e. The number of benzene rings is 1. The topological polar surface area (TPSA) is 82.3 Å². The van der Waals surface area contributed by atoms with Gasteiger partial charge < -0.3 is 20.5 Å². The van der Waals surface area contributed by atoms with Crippen molar-refractivity contribution in [2.45, 2.75) is 45.8 Å². The van der Waals surface area contributed by atoms with Crippen LogP contribution in [0.25, 0.3) is 0 Å². The fraction of sp³-hybridized carbons (Fsp3) is 0.529. The molecule has 0 radical (unpaired) electrons. The smallest absolute Gasteiger partial charge is 0.203 e. The van der Waals surface area contributed by atoms with Gasteiger partial charge in [0.05, 0.1) is 13.2 Å². The lowest BCUT2D eigenvalue weighted by Gasteiger charge is -2.16. The Balaban J connectivity index is 1.77. The predicted molar refractivity (Wildman–Crippen MR) is 97.7 cm³/mol. The first kappa shape index (κ1) is 18.5. The van der Waals surface area contributed by atoms with Crippen LogP contribution in [0.3, 0.4) is 0 Å². The Kier molecular flexibility index (Phi) is 7.27. The third-order valence-electron chi connectivity index (χ3n) is 3.69. The van der Waals surface area contributed by atoms with Gasteiger partial charge in [-0.1, -0.05) is 24.3 Å². The highest BCUT2D eigenvalue weighted by molar-refractivity contribution is 7.15. The first-order valence-electron chi connectivity index (χ1n) is 8.24. The van der Waals surface area contributed by atoms with Crippen molar-refractivity contribution in [3.8, 4) is 11.5 Å². The van der Waals surface area contributed by atoms with E-state index in [2.05, 4.69) is 35.4 Å². The predicted octanol–water partition coefficient (Wildman–Crippen LogP) is 3.03. The van der Waals surface area contributed by atoms with Gasteiger partial charge in [-0.25, -0.2) is 0 Å². The zero-order valence-corrected chi connectivity index (χ0v) is 15.4. The normalized spacial score (nSPS) is 12.1. The summed E-state index contributed by atoms with van der Waals surface area (Å²) in [4.78, 5) is 0. The molecule has 132 valence electrons. The van der Waals surface area contributed by atoms with Gasteiger partial charge in [0.15, 0.2) is 11.5 Å². The molecule has 0 aliphatic carbocycles. The van der Waals surface area contributed by atoms with Crippen LogP contribution in [0.4, 0.5) is 5.13 Å². The number of anilines is 1. The third kappa shape index (κ3) is 5.65. The van der Waals surface area contributed by atoms with Crippen molar-refractivity contribution >= 4 is 16.5 Å². The van der Waals surface area contributed by atoms with Crippen molar-refractivity contribution in [2.75, 3.05) is 19.4 Å². The molecule has 3 N–H and O–H groups in total. The number of nitrogens with zero attached hydrogens (tertiary/aromatic N) is 2. The average Bonchev–Trinajstić information content (AvgIpc) is 3.00. The van der Waals surface area contributed by atoms with Crippen molar-refractivity contribution in [3.63, 3.8) is 0 Å². The summed E-state index contributed by atoms with van der Waals surface area (Å²) in [6.07, 6.45) is 3.04. The molecular weight excluding hydrogens is 324 g/mol. The second-order valence-corrected chi connectivity index (χ2v) is 6.73. The van der Waals surface area contributed by atoms with Crippen LogP contribution in [-0.2, 0) is 13.0 Å². The van der Waals surface area contributed by atoms with Crippen molar-refractivity contribution in [2.24, 2.45) is 0 Å². The molecule has 1 aromatic heterocycles. The molecule has 0 bridgehead atoms. The summed E-state index contributed by atoms with van der Waals surface area (Å²) in [5.74, 6) is 1.57. The number of aryl methyl sites for hydroxylation is 1. The first-order chi connectivity index (χ1) is 11.6. The van der Waals surface area contributed by atoms with Crippen molar-refractivity contribution in [3.05, 3.63) is 28.8 Å². The highest BCUT2D eigenvalue weighted by Gasteiger charge is 2.09. The Morgan fingerprint density at radius 2 is 2.12 bits per heavy atom. The molecule has 1 aromatic carbocycles. The van der Waals surface area contributed by atoms with Gasteiger partial charge in [-0.05, 0) is 44.0 Å². The number of aromatic nitrogens is 2. The van der Waals surface area contributed by atoms with Crippen LogP contribution >= 0.6 is 11.3 Å². The van der Waals surface area contributed by atoms with Crippen LogP contribution < -0.4 is 20.5 Å². The molecule has 0 aliphatic rings. The second-order valence-electron chi connectivity index (χ2n) is 5.64. The van der Waals surface area contributed by atoms with E-state index in [9.17, 15) is 0 Å². The van der Waals surface area contributed by atoms with Crippen LogP contribution in [0.5, 0.6) is 11.5 Å². The maximum Gasteiger partial charge on any atom is 0.203 e. The van der Waals surface area contributed by atoms with Crippen LogP contribution in [0.15, 0.2) is 18.2 Å². The van der Waals surface area contributed by atoms with Gasteiger partial charge in [0, 0.05) is 13.0 Å². The zero-order chi connectivity index (χ0) is 17.4. The Bertz CT molecular complexity index is 633. The molecule has 0 unspecified atom stereocenters. The summed E-state index contributed by atoms with van der Waals surface area (Å²) in [5, 5.41) is 12.8. The second kappa shape index (κ2) is 9.44. The minimum atomic E-state index is 0.178. The maximum absolute atomic E-state index is 5.87. The molecule has 0 amide bonds. The summed E-state index contributed by atoms with van der Waals surface area (Å²) in [5.41, 5.74) is 6.74. The van der Waals surface area contributed by atoms with Gasteiger partial charge in [0.2, 0.25) is 5.13 Å². The van der Waals surface area contributed by atoms with Gasteiger partial charge in [-0.3, -0.25) is 0 Å². The summed E-state index contributed by atoms with van der Waals surface area (Å²) in [6.45, 7) is 5.86. The van der Waals surface area contributed by atoms with E-state index in [1.54, 1.807) is 7.11 Å². The Morgan fingerprint density at radius 1 is 1.29 bits per heavy atom. The van der Waals surface area contributed by atoms with Crippen LogP contribution in [0.1, 0.15) is 37.3 Å². The van der Waals surface area contributed by atoms with Crippen LogP contribution in [0.2, 0.25) is 0 Å². The number of rotatable bonds is 10. The van der Waals surface area contributed by atoms with Crippen molar-refractivity contribution in [1.82, 2.24) is 15.5 Å². The van der Waals surface area contributed by atoms with E-state index < -0.39 is 0 Å². The molecule has 0 spiro atoms. The standard InChI is InChI=1S/C17H26N4O2S/c1-4-12(2)23-14-8-7-13(10-15(14)22-3)11-19-9-5-6-16-20-21-17(18)24-16/h7-8,10,12,19H,4-6,9,11H2,1-3H3,(H2,18,21)/t12-/m1/s1. The number of hydrogen-bond donors (Lipinski definition) is 2. The van der Waals surface area contributed by atoms with Gasteiger partial charge in [0.1, 0.15) is 5.01 Å². The molecule has 0 aliphatic heterocycles. The number of methoxy groups -OCH3 is 1. The summed E-state index contributed by atoms with van der Waals surface area (Å²) in [7, 11) is 1.67. The quantitative estimate of drug-likeness (QED) is 0.641. The highest BCUT2D eigenvalue weighted by atomic mass is 32.1. The van der Waals surface area contributed by atoms with E-state index in [0.717, 1.165) is 48.9 Å². The molecule has 2 aromatic rings. The fourth-order valence-electron chi connectivity index (χ4n) is 2.18. The number of nitrogen functional groups attached to an aromatic ring is 1. The molecule has 7 heteroatoms. The van der Waals surface area contributed by atoms with Gasteiger partial charge in [0.25, 0.3) is 0 Å². The Hall–Kier alpha value is -1.86. The maximum atomic E-state index is 5.87. The highest BCUT2D eigenvalue weighted by Crippen LogP contribution is 2.29. The number of nitrogens with one attached hydrogen (secondary N) is 1. The molecule has 0 saturated heterocycles. The third-order valence-corrected chi connectivity index (χ3v) is 4.50. The van der Waals surface area contributed by atoms with Crippen molar-refractivity contribution < 1.29 is 9.47 Å². The van der Waals surface area contributed by atoms with Crippen LogP contribution in [-0.4, -0.2) is 30.0 Å². The first-order valence-corrected chi connectivity index (χ1v) is 9.06. The number of hydrogen-bond acceptors (Lipinski definition) is 7. The van der Waals surface area contributed by atoms with Gasteiger partial charge in [-0.2, -0.15) is 0 Å². The summed E-state index contributed by atoms with van der Waals surface area (Å²) < 4.78 is 11.3. The lowest BCUT2D eigenvalue weighted by atomic mass is 10.2. The fourth-order valence-corrected chi connectivity index (χ4v) is 2.84. The Morgan fingerprint density at radius 3 is 2.79 bits per heavy atom. The average molecular weight is 350 g/mol. The van der Waals surface area contributed by atoms with E-state index in [4.69, 9.17) is 15.2 Å². The minimum Gasteiger partial charge on any atom is -0.493 e. The number of ether oxygens (including phenoxy) is 2. The number of nitrogens with two attached hydrogens (primary N) is 1. The molecular formula is C17H26N4O2S. The molecule has 24 heavy (non-hydrogen) atoms. The Labute approximate surface area is 147 Å². The molecule has 6 nitrogen and oxygen atoms in total. The van der Waals surface area contributed by atoms with Gasteiger partial charge in [-0.15, -0.1) is 10.2 Å². The monoisotopic (exact) mass is 350 g/mol. The van der Waals surface area contributed by atoms with E-state index >= 15 is 0 Å². The lowest BCUT2D eigenvalue weighted by molar-refractivity contribution is 0.207. The molecule has 0 saturated carbocycles. The van der Waals surface area contributed by atoms with Crippen molar-refractivity contribution in [1.29, 1.82) is 0 Å². The molecule has 2 rings (SSSR count). The van der Waals surface area contributed by atoms with Crippen LogP contribution in [0, 0.1) is 0 Å². The van der Waals surface area contributed by atoms with Gasteiger partial charge >= 0.3 is 0 Å². The SMILES string of the molecule is CC[C@@H](C)Oc1ccc(CNCCCc2nnc(N)s2)cc1OC. The van der Waals surface area contributed by atoms with E-state index in [0.29, 0.717) is 5.13 Å².